The van der Waals surface area contributed by atoms with Gasteiger partial charge in [0.2, 0.25) is 0 Å². The molecule has 0 spiro atoms. The molecular formula is C19H31N4O4+. The minimum Gasteiger partial charge on any atom is -0.383 e. The summed E-state index contributed by atoms with van der Waals surface area (Å²) < 4.78 is 10.3. The van der Waals surface area contributed by atoms with Gasteiger partial charge in [-0.25, -0.2) is 0 Å². The fourth-order valence-electron chi connectivity index (χ4n) is 3.11. The van der Waals surface area contributed by atoms with E-state index in [-0.39, 0.29) is 6.04 Å². The first-order chi connectivity index (χ1) is 13.0. The number of methoxy groups -OCH3 is 1. The Morgan fingerprint density at radius 2 is 1.78 bits per heavy atom. The first kappa shape index (κ1) is 21.1. The third kappa shape index (κ3) is 6.50. The van der Waals surface area contributed by atoms with Crippen molar-refractivity contribution >= 4 is 17.5 Å². The molecule has 1 aliphatic rings. The van der Waals surface area contributed by atoms with Crippen LogP contribution in [-0.4, -0.2) is 79.0 Å². The minimum absolute atomic E-state index is 0.0702. The van der Waals surface area contributed by atoms with Crippen molar-refractivity contribution in [1.29, 1.82) is 0 Å². The number of nitrogens with zero attached hydrogens (tertiary/aromatic N) is 1. The Bertz CT molecular complexity index is 600. The first-order valence-corrected chi connectivity index (χ1v) is 9.27. The second-order valence-corrected chi connectivity index (χ2v) is 6.77. The van der Waals surface area contributed by atoms with Gasteiger partial charge in [0, 0.05) is 39.0 Å². The van der Waals surface area contributed by atoms with Crippen molar-refractivity contribution in [2.45, 2.75) is 6.04 Å². The van der Waals surface area contributed by atoms with Gasteiger partial charge in [-0.15, -0.1) is 0 Å². The number of hydrogen-bond acceptors (Lipinski definition) is 5. The number of carbonyl (C=O) groups excluding carboxylic acids is 2. The minimum atomic E-state index is -0.634. The van der Waals surface area contributed by atoms with Crippen LogP contribution in [0.25, 0.3) is 0 Å². The van der Waals surface area contributed by atoms with Crippen LogP contribution in [-0.2, 0) is 19.1 Å². The summed E-state index contributed by atoms with van der Waals surface area (Å²) in [6, 6.07) is 8.39. The van der Waals surface area contributed by atoms with Gasteiger partial charge in [0.15, 0.2) is 0 Å². The van der Waals surface area contributed by atoms with Crippen molar-refractivity contribution in [1.82, 2.24) is 10.6 Å². The van der Waals surface area contributed by atoms with E-state index in [9.17, 15) is 9.59 Å². The third-order valence-corrected chi connectivity index (χ3v) is 4.70. The first-order valence-electron chi connectivity index (χ1n) is 9.27. The maximum atomic E-state index is 12.1. The van der Waals surface area contributed by atoms with Crippen LogP contribution in [0.2, 0.25) is 0 Å². The zero-order chi connectivity index (χ0) is 19.6. The number of quaternary nitrogens is 1. The number of nitrogens with one attached hydrogen (secondary N) is 3. The van der Waals surface area contributed by atoms with Crippen molar-refractivity contribution in [3.05, 3.63) is 29.8 Å². The Balaban J connectivity index is 2.02. The van der Waals surface area contributed by atoms with Crippen LogP contribution in [0.4, 0.5) is 5.69 Å². The predicted octanol–water partition coefficient (Wildman–Crippen LogP) is -1.41. The lowest BCUT2D eigenvalue weighted by molar-refractivity contribution is -0.937. The normalized spacial score (nSPS) is 15.8. The zero-order valence-electron chi connectivity index (χ0n) is 16.4. The third-order valence-electron chi connectivity index (χ3n) is 4.70. The second kappa shape index (κ2) is 10.9. The molecule has 150 valence electrons. The average molecular weight is 379 g/mol. The van der Waals surface area contributed by atoms with Crippen LogP contribution in [0.1, 0.15) is 11.6 Å². The van der Waals surface area contributed by atoms with Gasteiger partial charge in [-0.3, -0.25) is 9.59 Å². The Morgan fingerprint density at radius 1 is 1.15 bits per heavy atom. The molecule has 0 radical (unpaired) electrons. The molecule has 1 aliphatic heterocycles. The maximum Gasteiger partial charge on any atom is 0.309 e. The van der Waals surface area contributed by atoms with E-state index in [2.05, 4.69) is 34.9 Å². The fraction of sp³-hybridized carbons (Fsp3) is 0.579. The molecule has 0 unspecified atom stereocenters. The van der Waals surface area contributed by atoms with Crippen LogP contribution < -0.4 is 20.4 Å². The van der Waals surface area contributed by atoms with E-state index in [1.54, 1.807) is 7.11 Å². The predicted molar refractivity (Wildman–Crippen MR) is 103 cm³/mol. The number of ether oxygens (including phenoxy) is 2. The number of rotatable bonds is 8. The van der Waals surface area contributed by atoms with E-state index < -0.39 is 11.8 Å². The van der Waals surface area contributed by atoms with Crippen molar-refractivity contribution in [2.24, 2.45) is 0 Å². The fourth-order valence-corrected chi connectivity index (χ4v) is 3.11. The van der Waals surface area contributed by atoms with E-state index >= 15 is 0 Å². The number of carbonyl (C=O) groups is 2. The Hall–Kier alpha value is -2.16. The van der Waals surface area contributed by atoms with Crippen LogP contribution in [0, 0.1) is 0 Å². The summed E-state index contributed by atoms with van der Waals surface area (Å²) in [5.41, 5.74) is 2.26. The molecule has 1 heterocycles. The molecule has 1 aromatic carbocycles. The van der Waals surface area contributed by atoms with Gasteiger partial charge in [0.1, 0.15) is 19.1 Å². The molecule has 1 saturated heterocycles. The lowest BCUT2D eigenvalue weighted by Crippen LogP contribution is -3.15. The van der Waals surface area contributed by atoms with E-state index in [1.807, 2.05) is 19.0 Å². The summed E-state index contributed by atoms with van der Waals surface area (Å²) in [7, 11) is 5.55. The molecule has 8 nitrogen and oxygen atoms in total. The number of anilines is 1. The van der Waals surface area contributed by atoms with E-state index in [0.29, 0.717) is 32.9 Å². The van der Waals surface area contributed by atoms with Crippen LogP contribution >= 0.6 is 0 Å². The summed E-state index contributed by atoms with van der Waals surface area (Å²) in [5.74, 6) is -1.25. The van der Waals surface area contributed by atoms with Gasteiger partial charge in [-0.05, 0) is 12.1 Å². The summed E-state index contributed by atoms with van der Waals surface area (Å²) in [4.78, 5) is 27.3. The standard InChI is InChI=1S/C19H30N4O4/c1-22(2)16-6-4-15(5-7-16)17(23-9-12-27-13-10-23)14-21-19(25)18(24)20-8-11-26-3/h4-7,17H,8-14H2,1-3H3,(H,20,24)(H,21,25)/p+1/t17-/m0/s1. The second-order valence-electron chi connectivity index (χ2n) is 6.77. The Kier molecular flexibility index (Phi) is 8.50. The van der Waals surface area contributed by atoms with Gasteiger partial charge < -0.3 is 29.9 Å². The van der Waals surface area contributed by atoms with E-state index in [0.717, 1.165) is 24.3 Å². The number of benzene rings is 1. The molecule has 0 bridgehead atoms. The van der Waals surface area contributed by atoms with Gasteiger partial charge in [-0.2, -0.15) is 0 Å². The highest BCUT2D eigenvalue weighted by Crippen LogP contribution is 2.16. The molecule has 3 N–H and O–H groups in total. The summed E-state index contributed by atoms with van der Waals surface area (Å²) in [6.07, 6.45) is 0. The van der Waals surface area contributed by atoms with Crippen molar-refractivity contribution < 1.29 is 24.0 Å². The lowest BCUT2D eigenvalue weighted by atomic mass is 10.0. The van der Waals surface area contributed by atoms with Crippen LogP contribution in [0.5, 0.6) is 0 Å². The summed E-state index contributed by atoms with van der Waals surface area (Å²) in [5, 5.41) is 5.32. The quantitative estimate of drug-likeness (QED) is 0.382. The van der Waals surface area contributed by atoms with Crippen LogP contribution in [0.3, 0.4) is 0 Å². The molecule has 1 fully saturated rings. The summed E-state index contributed by atoms with van der Waals surface area (Å²) in [6.45, 7) is 4.23. The molecule has 0 saturated carbocycles. The van der Waals surface area contributed by atoms with Crippen molar-refractivity contribution in [3.63, 3.8) is 0 Å². The molecule has 8 heteroatoms. The smallest absolute Gasteiger partial charge is 0.309 e. The molecular weight excluding hydrogens is 348 g/mol. The highest BCUT2D eigenvalue weighted by atomic mass is 16.5. The Labute approximate surface area is 160 Å². The lowest BCUT2D eigenvalue weighted by Gasteiger charge is -2.32. The van der Waals surface area contributed by atoms with Gasteiger partial charge >= 0.3 is 11.8 Å². The average Bonchev–Trinajstić information content (AvgIpc) is 2.69. The van der Waals surface area contributed by atoms with Crippen molar-refractivity contribution in [3.8, 4) is 0 Å². The van der Waals surface area contributed by atoms with E-state index in [1.165, 1.54) is 4.90 Å². The van der Waals surface area contributed by atoms with Gasteiger partial charge in [0.05, 0.1) is 26.4 Å². The molecule has 27 heavy (non-hydrogen) atoms. The molecule has 2 amide bonds. The van der Waals surface area contributed by atoms with Crippen molar-refractivity contribution in [2.75, 3.05) is 72.1 Å². The molecule has 2 rings (SSSR count). The SMILES string of the molecule is COCCNC(=O)C(=O)NC[C@@H](c1ccc(N(C)C)cc1)[NH+]1CCOCC1. The monoisotopic (exact) mass is 379 g/mol. The molecule has 1 aromatic rings. The summed E-state index contributed by atoms with van der Waals surface area (Å²) >= 11 is 0. The molecule has 0 aliphatic carbocycles. The number of morpholine rings is 1. The van der Waals surface area contributed by atoms with Gasteiger partial charge in [0.25, 0.3) is 0 Å². The zero-order valence-corrected chi connectivity index (χ0v) is 16.4. The number of hydrogen-bond donors (Lipinski definition) is 3. The van der Waals surface area contributed by atoms with Gasteiger partial charge in [-0.1, -0.05) is 12.1 Å². The maximum absolute atomic E-state index is 12.1. The largest absolute Gasteiger partial charge is 0.383 e. The Morgan fingerprint density at radius 3 is 2.37 bits per heavy atom. The highest BCUT2D eigenvalue weighted by molar-refractivity contribution is 6.35. The van der Waals surface area contributed by atoms with E-state index in [4.69, 9.17) is 9.47 Å². The topological polar surface area (TPSA) is 84.3 Å². The highest BCUT2D eigenvalue weighted by Gasteiger charge is 2.27. The molecule has 0 aromatic heterocycles. The van der Waals surface area contributed by atoms with Crippen LogP contribution in [0.15, 0.2) is 24.3 Å². The molecule has 1 atom stereocenters. The number of amides is 2.